The zero-order valence-electron chi connectivity index (χ0n) is 14.4. The molecule has 3 rings (SSSR count). The Labute approximate surface area is 140 Å². The lowest BCUT2D eigenvalue weighted by Crippen LogP contribution is -2.53. The molecule has 23 heavy (non-hydrogen) atoms. The summed E-state index contributed by atoms with van der Waals surface area (Å²) in [5.74, 6) is 0.747. The molecule has 1 saturated heterocycles. The maximum Gasteiger partial charge on any atom is 0.225 e. The first-order valence-electron chi connectivity index (χ1n) is 9.31. The minimum atomic E-state index is 0.317. The average Bonchev–Trinajstić information content (AvgIpc) is 2.63. The predicted octanol–water partition coefficient (Wildman–Crippen LogP) is 3.34. The SMILES string of the molecule is CC(Cc1ccccc1)N1CCN(C(=O)C2CCCCC2)CC1. The number of amides is 1. The molecular formula is C20H30N2O. The fourth-order valence-corrected chi connectivity index (χ4v) is 4.08. The number of hydrogen-bond acceptors (Lipinski definition) is 2. The molecule has 2 fully saturated rings. The molecule has 1 aliphatic heterocycles. The summed E-state index contributed by atoms with van der Waals surface area (Å²) in [4.78, 5) is 17.3. The van der Waals surface area contributed by atoms with Gasteiger partial charge < -0.3 is 4.90 Å². The summed E-state index contributed by atoms with van der Waals surface area (Å²) < 4.78 is 0. The van der Waals surface area contributed by atoms with Gasteiger partial charge in [-0.1, -0.05) is 49.6 Å². The average molecular weight is 314 g/mol. The topological polar surface area (TPSA) is 23.6 Å². The number of carbonyl (C=O) groups is 1. The third-order valence-electron chi connectivity index (χ3n) is 5.58. The third kappa shape index (κ3) is 4.35. The highest BCUT2D eigenvalue weighted by atomic mass is 16.2. The van der Waals surface area contributed by atoms with Gasteiger partial charge in [0, 0.05) is 38.1 Å². The van der Waals surface area contributed by atoms with Crippen molar-refractivity contribution in [1.29, 1.82) is 0 Å². The van der Waals surface area contributed by atoms with Crippen molar-refractivity contribution >= 4 is 5.91 Å². The Morgan fingerprint density at radius 2 is 1.70 bits per heavy atom. The molecule has 3 nitrogen and oxygen atoms in total. The van der Waals surface area contributed by atoms with Crippen molar-refractivity contribution in [3.8, 4) is 0 Å². The zero-order valence-corrected chi connectivity index (χ0v) is 14.4. The number of benzene rings is 1. The molecule has 1 unspecified atom stereocenters. The van der Waals surface area contributed by atoms with E-state index in [0.29, 0.717) is 17.9 Å². The maximum atomic E-state index is 12.6. The van der Waals surface area contributed by atoms with Crippen molar-refractivity contribution in [3.63, 3.8) is 0 Å². The number of nitrogens with zero attached hydrogens (tertiary/aromatic N) is 2. The van der Waals surface area contributed by atoms with E-state index < -0.39 is 0 Å². The lowest BCUT2D eigenvalue weighted by atomic mass is 9.88. The highest BCUT2D eigenvalue weighted by Gasteiger charge is 2.29. The Morgan fingerprint density at radius 3 is 2.35 bits per heavy atom. The van der Waals surface area contributed by atoms with E-state index >= 15 is 0 Å². The molecule has 3 heteroatoms. The molecule has 1 aromatic carbocycles. The molecule has 1 atom stereocenters. The molecule has 0 N–H and O–H groups in total. The van der Waals surface area contributed by atoms with E-state index in [2.05, 4.69) is 47.1 Å². The Kier molecular flexibility index (Phi) is 5.71. The van der Waals surface area contributed by atoms with Gasteiger partial charge in [0.25, 0.3) is 0 Å². The molecule has 0 radical (unpaired) electrons. The van der Waals surface area contributed by atoms with Crippen LogP contribution in [-0.2, 0) is 11.2 Å². The number of hydrogen-bond donors (Lipinski definition) is 0. The monoisotopic (exact) mass is 314 g/mol. The van der Waals surface area contributed by atoms with Crippen molar-refractivity contribution in [2.75, 3.05) is 26.2 Å². The van der Waals surface area contributed by atoms with E-state index in [1.54, 1.807) is 0 Å². The molecule has 0 bridgehead atoms. The normalized spacial score (nSPS) is 22.0. The van der Waals surface area contributed by atoms with Gasteiger partial charge in [-0.15, -0.1) is 0 Å². The van der Waals surface area contributed by atoms with Gasteiger partial charge in [0.2, 0.25) is 5.91 Å². The molecule has 1 aromatic rings. The van der Waals surface area contributed by atoms with Crippen LogP contribution in [0, 0.1) is 5.92 Å². The van der Waals surface area contributed by atoms with Crippen LogP contribution in [0.15, 0.2) is 30.3 Å². The fourth-order valence-electron chi connectivity index (χ4n) is 4.08. The lowest BCUT2D eigenvalue weighted by molar-refractivity contribution is -0.138. The molecular weight excluding hydrogens is 284 g/mol. The first-order valence-corrected chi connectivity index (χ1v) is 9.31. The molecule has 126 valence electrons. The van der Waals surface area contributed by atoms with E-state index in [-0.39, 0.29) is 0 Å². The van der Waals surface area contributed by atoms with Crippen LogP contribution < -0.4 is 0 Å². The summed E-state index contributed by atoms with van der Waals surface area (Å²) >= 11 is 0. The summed E-state index contributed by atoms with van der Waals surface area (Å²) in [6.45, 7) is 6.17. The van der Waals surface area contributed by atoms with Gasteiger partial charge in [0.1, 0.15) is 0 Å². The Bertz CT molecular complexity index is 488. The van der Waals surface area contributed by atoms with E-state index in [9.17, 15) is 4.79 Å². The molecule has 0 aromatic heterocycles. The lowest BCUT2D eigenvalue weighted by Gasteiger charge is -2.39. The fraction of sp³-hybridized carbons (Fsp3) is 0.650. The Morgan fingerprint density at radius 1 is 1.04 bits per heavy atom. The largest absolute Gasteiger partial charge is 0.340 e. The van der Waals surface area contributed by atoms with Crippen molar-refractivity contribution in [1.82, 2.24) is 9.80 Å². The van der Waals surface area contributed by atoms with Gasteiger partial charge >= 0.3 is 0 Å². The second-order valence-electron chi connectivity index (χ2n) is 7.23. The second-order valence-corrected chi connectivity index (χ2v) is 7.23. The van der Waals surface area contributed by atoms with Crippen molar-refractivity contribution in [2.24, 2.45) is 5.92 Å². The molecule has 0 spiro atoms. The van der Waals surface area contributed by atoms with Crippen LogP contribution >= 0.6 is 0 Å². The van der Waals surface area contributed by atoms with Crippen LogP contribution in [0.1, 0.15) is 44.6 Å². The van der Waals surface area contributed by atoms with Gasteiger partial charge in [-0.3, -0.25) is 9.69 Å². The number of rotatable bonds is 4. The van der Waals surface area contributed by atoms with Crippen molar-refractivity contribution in [2.45, 2.75) is 51.5 Å². The number of piperazine rings is 1. The van der Waals surface area contributed by atoms with Gasteiger partial charge in [-0.05, 0) is 31.7 Å². The minimum absolute atomic E-state index is 0.317. The summed E-state index contributed by atoms with van der Waals surface area (Å²) in [5.41, 5.74) is 1.40. The Hall–Kier alpha value is -1.35. The van der Waals surface area contributed by atoms with Gasteiger partial charge in [0.05, 0.1) is 0 Å². The first kappa shape index (κ1) is 16.5. The van der Waals surface area contributed by atoms with E-state index in [1.807, 2.05) is 0 Å². The van der Waals surface area contributed by atoms with Crippen LogP contribution in [0.3, 0.4) is 0 Å². The smallest absolute Gasteiger partial charge is 0.225 e. The summed E-state index contributed by atoms with van der Waals surface area (Å²) in [6, 6.07) is 11.3. The highest BCUT2D eigenvalue weighted by molar-refractivity contribution is 5.79. The van der Waals surface area contributed by atoms with Crippen molar-refractivity contribution in [3.05, 3.63) is 35.9 Å². The summed E-state index contributed by atoms with van der Waals surface area (Å²) in [5, 5.41) is 0. The first-order chi connectivity index (χ1) is 11.2. The van der Waals surface area contributed by atoms with E-state index in [4.69, 9.17) is 0 Å². The van der Waals surface area contributed by atoms with Crippen LogP contribution in [0.5, 0.6) is 0 Å². The van der Waals surface area contributed by atoms with Crippen LogP contribution in [0.2, 0.25) is 0 Å². The number of carbonyl (C=O) groups excluding carboxylic acids is 1. The zero-order chi connectivity index (χ0) is 16.1. The molecule has 2 aliphatic rings. The Balaban J connectivity index is 1.47. The molecule has 1 amide bonds. The van der Waals surface area contributed by atoms with Gasteiger partial charge in [0.15, 0.2) is 0 Å². The third-order valence-corrected chi connectivity index (χ3v) is 5.58. The van der Waals surface area contributed by atoms with Gasteiger partial charge in [-0.25, -0.2) is 0 Å². The highest BCUT2D eigenvalue weighted by Crippen LogP contribution is 2.26. The maximum absolute atomic E-state index is 12.6. The summed E-state index contributed by atoms with van der Waals surface area (Å²) in [6.07, 6.45) is 7.12. The van der Waals surface area contributed by atoms with E-state index in [0.717, 1.165) is 45.4 Å². The second kappa shape index (κ2) is 7.96. The standard InChI is InChI=1S/C20H30N2O/c1-17(16-18-8-4-2-5-9-18)21-12-14-22(15-13-21)20(23)19-10-6-3-7-11-19/h2,4-5,8-9,17,19H,3,6-7,10-16H2,1H3. The van der Waals surface area contributed by atoms with Gasteiger partial charge in [-0.2, -0.15) is 0 Å². The van der Waals surface area contributed by atoms with Crippen LogP contribution in [-0.4, -0.2) is 47.9 Å². The molecule has 1 aliphatic carbocycles. The molecule has 1 saturated carbocycles. The minimum Gasteiger partial charge on any atom is -0.340 e. The quantitative estimate of drug-likeness (QED) is 0.851. The van der Waals surface area contributed by atoms with Crippen LogP contribution in [0.4, 0.5) is 0 Å². The van der Waals surface area contributed by atoms with Crippen molar-refractivity contribution < 1.29 is 4.79 Å². The van der Waals surface area contributed by atoms with E-state index in [1.165, 1.54) is 24.8 Å². The predicted molar refractivity (Wildman–Crippen MR) is 94.3 cm³/mol. The van der Waals surface area contributed by atoms with Crippen LogP contribution in [0.25, 0.3) is 0 Å². The summed E-state index contributed by atoms with van der Waals surface area (Å²) in [7, 11) is 0. The molecule has 1 heterocycles.